The molecule has 5 heteroatoms. The molecule has 1 aromatic heterocycles. The maximum Gasteiger partial charge on any atom is 0.158 e. The number of ether oxygens (including phenoxy) is 1. The minimum atomic E-state index is -0.0443. The Morgan fingerprint density at radius 3 is 3.29 bits per heavy atom. The summed E-state index contributed by atoms with van der Waals surface area (Å²) < 4.78 is 7.35. The molecule has 0 radical (unpaired) electrons. The molecule has 1 fully saturated rings. The zero-order valence-corrected chi connectivity index (χ0v) is 8.09. The largest absolute Gasteiger partial charge is 0.388 e. The Morgan fingerprint density at radius 2 is 2.43 bits per heavy atom. The van der Waals surface area contributed by atoms with Gasteiger partial charge >= 0.3 is 0 Å². The topological polar surface area (TPSA) is 60.2 Å². The molecular weight excluding hydrogens is 182 g/mol. The van der Waals surface area contributed by atoms with Gasteiger partial charge in [0.05, 0.1) is 0 Å². The van der Waals surface area contributed by atoms with Gasteiger partial charge in [-0.25, -0.2) is 0 Å². The molecule has 1 aliphatic rings. The number of rotatable bonds is 2. The van der Waals surface area contributed by atoms with Crippen LogP contribution in [0.4, 0.5) is 0 Å². The van der Waals surface area contributed by atoms with Gasteiger partial charge in [0.2, 0.25) is 0 Å². The van der Waals surface area contributed by atoms with Gasteiger partial charge in [0.25, 0.3) is 0 Å². The number of aromatic nitrogens is 3. The minimum absolute atomic E-state index is 0.0443. The zero-order valence-electron chi connectivity index (χ0n) is 8.09. The Balaban J connectivity index is 2.11. The van der Waals surface area contributed by atoms with Crippen molar-refractivity contribution in [3.05, 3.63) is 12.2 Å². The van der Waals surface area contributed by atoms with Crippen molar-refractivity contribution in [1.29, 1.82) is 0 Å². The van der Waals surface area contributed by atoms with Crippen LogP contribution in [0.5, 0.6) is 0 Å². The van der Waals surface area contributed by atoms with Gasteiger partial charge in [-0.15, -0.1) is 10.2 Å². The summed E-state index contributed by atoms with van der Waals surface area (Å²) in [6.45, 7) is 1.58. The minimum Gasteiger partial charge on any atom is -0.388 e. The lowest BCUT2D eigenvalue weighted by molar-refractivity contribution is 0.141. The molecule has 1 atom stereocenters. The van der Waals surface area contributed by atoms with Gasteiger partial charge < -0.3 is 14.4 Å². The van der Waals surface area contributed by atoms with Crippen molar-refractivity contribution in [2.75, 3.05) is 13.2 Å². The molecule has 1 aromatic rings. The third-order valence-electron chi connectivity index (χ3n) is 2.60. The van der Waals surface area contributed by atoms with E-state index < -0.39 is 0 Å². The molecule has 1 N–H and O–H groups in total. The van der Waals surface area contributed by atoms with Gasteiger partial charge in [0.15, 0.2) is 5.82 Å². The first kappa shape index (κ1) is 9.61. The van der Waals surface area contributed by atoms with Crippen LogP contribution in [-0.2, 0) is 11.3 Å². The molecular formula is C9H15N3O2. The van der Waals surface area contributed by atoms with Crippen molar-refractivity contribution < 1.29 is 9.84 Å². The summed E-state index contributed by atoms with van der Waals surface area (Å²) in [7, 11) is 0. The molecule has 5 nitrogen and oxygen atoms in total. The summed E-state index contributed by atoms with van der Waals surface area (Å²) in [5.41, 5.74) is 0. The second-order valence-electron chi connectivity index (χ2n) is 3.51. The Bertz CT molecular complexity index is 279. The average molecular weight is 197 g/mol. The lowest BCUT2D eigenvalue weighted by atomic mass is 10.1. The Hall–Kier alpha value is -0.940. The maximum absolute atomic E-state index is 9.05. The summed E-state index contributed by atoms with van der Waals surface area (Å²) in [6, 6.07) is 0.384. The van der Waals surface area contributed by atoms with Crippen LogP contribution in [0.15, 0.2) is 6.33 Å². The average Bonchev–Trinajstić information content (AvgIpc) is 2.52. The van der Waals surface area contributed by atoms with Gasteiger partial charge in [-0.3, -0.25) is 0 Å². The fourth-order valence-electron chi connectivity index (χ4n) is 1.85. The predicted molar refractivity (Wildman–Crippen MR) is 49.7 cm³/mol. The first-order valence-corrected chi connectivity index (χ1v) is 4.99. The number of aliphatic hydroxyl groups excluding tert-OH is 1. The Kier molecular flexibility index (Phi) is 3.10. The van der Waals surface area contributed by atoms with E-state index in [1.807, 2.05) is 4.57 Å². The molecule has 0 spiro atoms. The molecule has 1 aliphatic heterocycles. The van der Waals surface area contributed by atoms with E-state index in [4.69, 9.17) is 9.84 Å². The summed E-state index contributed by atoms with van der Waals surface area (Å²) in [4.78, 5) is 0. The molecule has 14 heavy (non-hydrogen) atoms. The molecule has 1 saturated heterocycles. The standard InChI is InChI=1S/C9H15N3O2/c13-6-9-11-10-7-12(9)8-2-1-4-14-5-3-8/h7-8,13H,1-6H2. The van der Waals surface area contributed by atoms with E-state index >= 15 is 0 Å². The number of aliphatic hydroxyl groups is 1. The molecule has 1 unspecified atom stereocenters. The number of hydrogen-bond donors (Lipinski definition) is 1. The second-order valence-corrected chi connectivity index (χ2v) is 3.51. The molecule has 0 aliphatic carbocycles. The third-order valence-corrected chi connectivity index (χ3v) is 2.60. The van der Waals surface area contributed by atoms with E-state index in [1.54, 1.807) is 6.33 Å². The summed E-state index contributed by atoms with van der Waals surface area (Å²) in [5.74, 6) is 0.650. The van der Waals surface area contributed by atoms with Crippen molar-refractivity contribution in [2.24, 2.45) is 0 Å². The van der Waals surface area contributed by atoms with Gasteiger partial charge in [0, 0.05) is 19.3 Å². The second kappa shape index (κ2) is 4.52. The highest BCUT2D eigenvalue weighted by atomic mass is 16.5. The maximum atomic E-state index is 9.05. The first-order chi connectivity index (χ1) is 6.92. The van der Waals surface area contributed by atoms with E-state index in [9.17, 15) is 0 Å². The van der Waals surface area contributed by atoms with Gasteiger partial charge in [-0.05, 0) is 19.3 Å². The highest BCUT2D eigenvalue weighted by Crippen LogP contribution is 2.22. The van der Waals surface area contributed by atoms with Gasteiger partial charge in [-0.2, -0.15) is 0 Å². The smallest absolute Gasteiger partial charge is 0.158 e. The van der Waals surface area contributed by atoms with Gasteiger partial charge in [-0.1, -0.05) is 0 Å². The van der Waals surface area contributed by atoms with Crippen LogP contribution in [0.1, 0.15) is 31.1 Å². The highest BCUT2D eigenvalue weighted by Gasteiger charge is 2.16. The fraction of sp³-hybridized carbons (Fsp3) is 0.778. The van der Waals surface area contributed by atoms with Crippen molar-refractivity contribution >= 4 is 0 Å². The van der Waals surface area contributed by atoms with E-state index in [0.29, 0.717) is 11.9 Å². The van der Waals surface area contributed by atoms with Crippen LogP contribution in [0.2, 0.25) is 0 Å². The lowest BCUT2D eigenvalue weighted by Crippen LogP contribution is -2.12. The number of hydrogen-bond acceptors (Lipinski definition) is 4. The Morgan fingerprint density at radius 1 is 1.50 bits per heavy atom. The molecule has 2 rings (SSSR count). The van der Waals surface area contributed by atoms with Crippen molar-refractivity contribution in [3.63, 3.8) is 0 Å². The van der Waals surface area contributed by atoms with E-state index in [1.165, 1.54) is 0 Å². The van der Waals surface area contributed by atoms with Crippen LogP contribution in [0.25, 0.3) is 0 Å². The molecule has 0 aromatic carbocycles. The molecule has 0 amide bonds. The van der Waals surface area contributed by atoms with Crippen LogP contribution >= 0.6 is 0 Å². The van der Waals surface area contributed by atoms with Crippen molar-refractivity contribution in [1.82, 2.24) is 14.8 Å². The van der Waals surface area contributed by atoms with E-state index in [2.05, 4.69) is 10.2 Å². The SMILES string of the molecule is OCc1nncn1C1CCCOCC1. The summed E-state index contributed by atoms with van der Waals surface area (Å²) >= 11 is 0. The predicted octanol–water partition coefficient (Wildman–Crippen LogP) is 0.512. The molecule has 78 valence electrons. The van der Waals surface area contributed by atoms with Gasteiger partial charge in [0.1, 0.15) is 12.9 Å². The monoisotopic (exact) mass is 197 g/mol. The molecule has 0 saturated carbocycles. The lowest BCUT2D eigenvalue weighted by Gasteiger charge is -2.16. The van der Waals surface area contributed by atoms with Crippen LogP contribution in [0, 0.1) is 0 Å². The van der Waals surface area contributed by atoms with Crippen molar-refractivity contribution in [3.8, 4) is 0 Å². The third kappa shape index (κ3) is 1.93. The van der Waals surface area contributed by atoms with Crippen LogP contribution in [0.3, 0.4) is 0 Å². The first-order valence-electron chi connectivity index (χ1n) is 4.99. The van der Waals surface area contributed by atoms with Crippen LogP contribution < -0.4 is 0 Å². The van der Waals surface area contributed by atoms with Crippen LogP contribution in [-0.4, -0.2) is 33.1 Å². The quantitative estimate of drug-likeness (QED) is 0.750. The fourth-order valence-corrected chi connectivity index (χ4v) is 1.85. The summed E-state index contributed by atoms with van der Waals surface area (Å²) in [6.07, 6.45) is 4.81. The Labute approximate surface area is 82.7 Å². The molecule has 2 heterocycles. The summed E-state index contributed by atoms with van der Waals surface area (Å²) in [5, 5.41) is 16.7. The van der Waals surface area contributed by atoms with E-state index in [-0.39, 0.29) is 6.61 Å². The van der Waals surface area contributed by atoms with Crippen molar-refractivity contribution in [2.45, 2.75) is 31.9 Å². The van der Waals surface area contributed by atoms with E-state index in [0.717, 1.165) is 32.5 Å². The highest BCUT2D eigenvalue weighted by molar-refractivity contribution is 4.87. The normalized spacial score (nSPS) is 23.4. The molecule has 0 bridgehead atoms. The number of nitrogens with zero attached hydrogens (tertiary/aromatic N) is 3. The zero-order chi connectivity index (χ0) is 9.80.